The third kappa shape index (κ3) is 3.41. The van der Waals surface area contributed by atoms with Crippen LogP contribution in [0.25, 0.3) is 0 Å². The first-order valence-electron chi connectivity index (χ1n) is 6.23. The van der Waals surface area contributed by atoms with Gasteiger partial charge in [-0.15, -0.1) is 0 Å². The molecule has 1 aromatic heterocycles. The number of hydrogen-bond donors (Lipinski definition) is 1. The van der Waals surface area contributed by atoms with Crippen LogP contribution >= 0.6 is 0 Å². The molecular weight excluding hydrogens is 216 g/mol. The Hall–Kier alpha value is -1.13. The van der Waals surface area contributed by atoms with Gasteiger partial charge >= 0.3 is 0 Å². The van der Waals surface area contributed by atoms with Crippen molar-refractivity contribution in [1.82, 2.24) is 10.3 Å². The minimum absolute atomic E-state index is 0.177. The quantitative estimate of drug-likeness (QED) is 0.819. The van der Waals surface area contributed by atoms with Crippen molar-refractivity contribution in [3.8, 4) is 5.88 Å². The number of aromatic nitrogens is 1. The van der Waals surface area contributed by atoms with Gasteiger partial charge in [0.1, 0.15) is 6.10 Å². The highest BCUT2D eigenvalue weighted by atomic mass is 16.6. The first-order valence-corrected chi connectivity index (χ1v) is 6.23. The maximum Gasteiger partial charge on any atom is 0.213 e. The summed E-state index contributed by atoms with van der Waals surface area (Å²) in [5, 5.41) is 3.45. The highest BCUT2D eigenvalue weighted by Gasteiger charge is 2.20. The molecule has 1 fully saturated rings. The van der Waals surface area contributed by atoms with E-state index in [0.29, 0.717) is 25.1 Å². The van der Waals surface area contributed by atoms with Gasteiger partial charge in [-0.25, -0.2) is 4.98 Å². The molecular formula is C13H20N2O2. The number of ether oxygens (including phenoxy) is 2. The summed E-state index contributed by atoms with van der Waals surface area (Å²) in [4.78, 5) is 4.22. The molecule has 0 radical (unpaired) electrons. The summed E-state index contributed by atoms with van der Waals surface area (Å²) < 4.78 is 10.8. The van der Waals surface area contributed by atoms with E-state index in [0.717, 1.165) is 13.0 Å². The van der Waals surface area contributed by atoms with Crippen LogP contribution in [0.2, 0.25) is 0 Å². The van der Waals surface area contributed by atoms with Crippen LogP contribution in [0.3, 0.4) is 0 Å². The lowest BCUT2D eigenvalue weighted by molar-refractivity contribution is -0.0813. The third-order valence-corrected chi connectivity index (χ3v) is 2.85. The molecule has 1 atom stereocenters. The second-order valence-electron chi connectivity index (χ2n) is 4.38. The number of hydrogen-bond acceptors (Lipinski definition) is 4. The van der Waals surface area contributed by atoms with E-state index in [1.165, 1.54) is 5.56 Å². The second kappa shape index (κ2) is 5.98. The van der Waals surface area contributed by atoms with Gasteiger partial charge in [0.2, 0.25) is 5.88 Å². The van der Waals surface area contributed by atoms with Crippen LogP contribution in [0.5, 0.6) is 5.88 Å². The molecule has 94 valence electrons. The number of pyridine rings is 1. The molecule has 0 bridgehead atoms. The van der Waals surface area contributed by atoms with E-state index in [1.807, 2.05) is 12.1 Å². The molecule has 0 spiro atoms. The minimum atomic E-state index is 0.177. The molecule has 0 aliphatic carbocycles. The van der Waals surface area contributed by atoms with Crippen LogP contribution in [0, 0.1) is 0 Å². The molecule has 4 nitrogen and oxygen atoms in total. The normalized spacial score (nSPS) is 17.5. The fraction of sp³-hybridized carbons (Fsp3) is 0.615. The lowest BCUT2D eigenvalue weighted by Gasteiger charge is -2.26. The molecule has 0 saturated carbocycles. The van der Waals surface area contributed by atoms with Gasteiger partial charge in [0.05, 0.1) is 13.2 Å². The predicted molar refractivity (Wildman–Crippen MR) is 66.2 cm³/mol. The largest absolute Gasteiger partial charge is 0.469 e. The molecule has 17 heavy (non-hydrogen) atoms. The maximum absolute atomic E-state index is 5.68. The number of nitrogens with zero attached hydrogens (tertiary/aromatic N) is 1. The summed E-state index contributed by atoms with van der Waals surface area (Å²) in [5.41, 5.74) is 1.21. The van der Waals surface area contributed by atoms with Crippen LogP contribution in [0.1, 0.15) is 31.9 Å². The van der Waals surface area contributed by atoms with Crippen molar-refractivity contribution >= 4 is 0 Å². The van der Waals surface area contributed by atoms with Gasteiger partial charge in [-0.2, -0.15) is 0 Å². The fourth-order valence-corrected chi connectivity index (χ4v) is 1.69. The molecule has 1 unspecified atom stereocenters. The number of nitrogens with one attached hydrogen (secondary N) is 1. The van der Waals surface area contributed by atoms with E-state index >= 15 is 0 Å². The average Bonchev–Trinajstić information content (AvgIpc) is 2.31. The van der Waals surface area contributed by atoms with Crippen LogP contribution in [-0.2, 0) is 4.74 Å². The maximum atomic E-state index is 5.68. The Bertz CT molecular complexity index is 353. The molecule has 1 N–H and O–H groups in total. The Morgan fingerprint density at radius 3 is 3.06 bits per heavy atom. The van der Waals surface area contributed by atoms with Crippen molar-refractivity contribution < 1.29 is 9.47 Å². The SMILES string of the molecule is CCCNC(C)c1ccnc(OC2COC2)c1. The van der Waals surface area contributed by atoms with Gasteiger partial charge in [-0.1, -0.05) is 6.92 Å². The molecule has 2 heterocycles. The summed E-state index contributed by atoms with van der Waals surface area (Å²) in [6.45, 7) is 6.69. The fourth-order valence-electron chi connectivity index (χ4n) is 1.69. The molecule has 1 saturated heterocycles. The highest BCUT2D eigenvalue weighted by molar-refractivity contribution is 5.23. The predicted octanol–water partition coefficient (Wildman–Crippen LogP) is 1.92. The molecule has 1 aliphatic heterocycles. The monoisotopic (exact) mass is 236 g/mol. The molecule has 1 aliphatic rings. The first-order chi connectivity index (χ1) is 8.29. The van der Waals surface area contributed by atoms with Crippen molar-refractivity contribution in [2.45, 2.75) is 32.4 Å². The molecule has 0 aromatic carbocycles. The Labute approximate surface area is 102 Å². The molecule has 1 aromatic rings. The van der Waals surface area contributed by atoms with Crippen LogP contribution in [-0.4, -0.2) is 30.8 Å². The van der Waals surface area contributed by atoms with Gasteiger partial charge in [-0.05, 0) is 31.5 Å². The standard InChI is InChI=1S/C13H20N2O2/c1-3-5-14-10(2)11-4-6-15-13(7-11)17-12-8-16-9-12/h4,6-7,10,12,14H,3,5,8-9H2,1-2H3. The van der Waals surface area contributed by atoms with Gasteiger partial charge in [0, 0.05) is 18.3 Å². The summed E-state index contributed by atoms with van der Waals surface area (Å²) >= 11 is 0. The van der Waals surface area contributed by atoms with E-state index in [4.69, 9.17) is 9.47 Å². The van der Waals surface area contributed by atoms with Crippen molar-refractivity contribution in [2.24, 2.45) is 0 Å². The van der Waals surface area contributed by atoms with Crippen LogP contribution < -0.4 is 10.1 Å². The minimum Gasteiger partial charge on any atom is -0.469 e. The summed E-state index contributed by atoms with van der Waals surface area (Å²) in [6, 6.07) is 4.36. The Morgan fingerprint density at radius 1 is 1.59 bits per heavy atom. The molecule has 0 amide bonds. The van der Waals surface area contributed by atoms with Crippen LogP contribution in [0.4, 0.5) is 0 Å². The highest BCUT2D eigenvalue weighted by Crippen LogP contribution is 2.19. The summed E-state index contributed by atoms with van der Waals surface area (Å²) in [5.74, 6) is 0.695. The first kappa shape index (κ1) is 12.3. The van der Waals surface area contributed by atoms with Crippen molar-refractivity contribution in [1.29, 1.82) is 0 Å². The van der Waals surface area contributed by atoms with Crippen molar-refractivity contribution in [3.05, 3.63) is 23.9 Å². The Morgan fingerprint density at radius 2 is 2.41 bits per heavy atom. The van der Waals surface area contributed by atoms with E-state index in [-0.39, 0.29) is 6.10 Å². The Kier molecular flexibility index (Phi) is 4.34. The topological polar surface area (TPSA) is 43.4 Å². The summed E-state index contributed by atoms with van der Waals surface area (Å²) in [7, 11) is 0. The van der Waals surface area contributed by atoms with Crippen molar-refractivity contribution in [3.63, 3.8) is 0 Å². The van der Waals surface area contributed by atoms with Crippen molar-refractivity contribution in [2.75, 3.05) is 19.8 Å². The zero-order valence-corrected chi connectivity index (χ0v) is 10.5. The molecule has 2 rings (SSSR count). The zero-order chi connectivity index (χ0) is 12.1. The van der Waals surface area contributed by atoms with Gasteiger partial charge in [-0.3, -0.25) is 0 Å². The van der Waals surface area contributed by atoms with Gasteiger partial charge in [0.15, 0.2) is 0 Å². The lowest BCUT2D eigenvalue weighted by atomic mass is 10.1. The van der Waals surface area contributed by atoms with Gasteiger partial charge < -0.3 is 14.8 Å². The third-order valence-electron chi connectivity index (χ3n) is 2.85. The van der Waals surface area contributed by atoms with E-state index in [9.17, 15) is 0 Å². The average molecular weight is 236 g/mol. The van der Waals surface area contributed by atoms with Crippen LogP contribution in [0.15, 0.2) is 18.3 Å². The van der Waals surface area contributed by atoms with E-state index < -0.39 is 0 Å². The number of rotatable bonds is 6. The second-order valence-corrected chi connectivity index (χ2v) is 4.38. The Balaban J connectivity index is 1.94. The smallest absolute Gasteiger partial charge is 0.213 e. The van der Waals surface area contributed by atoms with Gasteiger partial charge in [0.25, 0.3) is 0 Å². The lowest BCUT2D eigenvalue weighted by Crippen LogP contribution is -2.38. The molecule has 4 heteroatoms. The van der Waals surface area contributed by atoms with E-state index in [1.54, 1.807) is 6.20 Å². The summed E-state index contributed by atoms with van der Waals surface area (Å²) in [6.07, 6.45) is 3.11. The van der Waals surface area contributed by atoms with E-state index in [2.05, 4.69) is 24.1 Å². The zero-order valence-electron chi connectivity index (χ0n) is 10.5.